The van der Waals surface area contributed by atoms with Crippen LogP contribution in [0.3, 0.4) is 0 Å². The number of nitrogens with zero attached hydrogens (tertiary/aromatic N) is 2. The number of anilines is 1. The van der Waals surface area contributed by atoms with E-state index in [2.05, 4.69) is 11.9 Å². The minimum absolute atomic E-state index is 0.185. The summed E-state index contributed by atoms with van der Waals surface area (Å²) in [5.74, 6) is -0.531. The number of rotatable bonds is 6. The lowest BCUT2D eigenvalue weighted by Gasteiger charge is -2.31. The van der Waals surface area contributed by atoms with Crippen LogP contribution in [-0.2, 0) is 33.2 Å². The number of benzene rings is 1. The molecule has 140 valence electrons. The number of para-hydroxylation sites is 1. The summed E-state index contributed by atoms with van der Waals surface area (Å²) in [7, 11) is -3.61. The van der Waals surface area contributed by atoms with E-state index in [-0.39, 0.29) is 11.7 Å². The Hall–Kier alpha value is -1.73. The van der Waals surface area contributed by atoms with Crippen molar-refractivity contribution < 1.29 is 13.2 Å². The van der Waals surface area contributed by atoms with Crippen molar-refractivity contribution in [1.82, 2.24) is 4.98 Å². The Balaban J connectivity index is 1.77. The standard InChI is InChI=1S/C19H24N2O3S2/c1-3-7-18-20-16(12-25-18)13-26(23,24)14(2)19(22)21-11-6-9-15-8-4-5-10-17(15)21/h4-5,8,10,12,14H,3,6-7,9,11,13H2,1-2H3. The largest absolute Gasteiger partial charge is 0.311 e. The summed E-state index contributed by atoms with van der Waals surface area (Å²) in [6.07, 6.45) is 3.59. The highest BCUT2D eigenvalue weighted by atomic mass is 32.2. The van der Waals surface area contributed by atoms with E-state index >= 15 is 0 Å². The van der Waals surface area contributed by atoms with E-state index in [9.17, 15) is 13.2 Å². The molecule has 7 heteroatoms. The maximum atomic E-state index is 12.9. The molecule has 2 heterocycles. The summed E-state index contributed by atoms with van der Waals surface area (Å²) in [6, 6.07) is 7.72. The molecule has 0 aliphatic carbocycles. The normalized spacial score (nSPS) is 15.5. The Bertz CT molecular complexity index is 890. The molecule has 1 unspecified atom stereocenters. The predicted molar refractivity (Wildman–Crippen MR) is 105 cm³/mol. The van der Waals surface area contributed by atoms with Crippen molar-refractivity contribution in [3.63, 3.8) is 0 Å². The van der Waals surface area contributed by atoms with Crippen LogP contribution in [0, 0.1) is 0 Å². The maximum Gasteiger partial charge on any atom is 0.245 e. The van der Waals surface area contributed by atoms with Gasteiger partial charge in [-0.2, -0.15) is 0 Å². The lowest BCUT2D eigenvalue weighted by molar-refractivity contribution is -0.118. The van der Waals surface area contributed by atoms with E-state index in [0.717, 1.165) is 41.9 Å². The van der Waals surface area contributed by atoms with Crippen LogP contribution >= 0.6 is 11.3 Å². The molecule has 2 aromatic rings. The highest BCUT2D eigenvalue weighted by Crippen LogP contribution is 2.28. The SMILES string of the molecule is CCCc1nc(CS(=O)(=O)C(C)C(=O)N2CCCc3ccccc32)cs1. The molecule has 0 saturated carbocycles. The minimum Gasteiger partial charge on any atom is -0.311 e. The van der Waals surface area contributed by atoms with Gasteiger partial charge in [0.1, 0.15) is 5.25 Å². The van der Waals surface area contributed by atoms with Crippen LogP contribution in [0.1, 0.15) is 43.0 Å². The molecule has 1 aromatic heterocycles. The molecule has 26 heavy (non-hydrogen) atoms. The van der Waals surface area contributed by atoms with Gasteiger partial charge in [0.25, 0.3) is 0 Å². The number of aryl methyl sites for hydroxylation is 2. The number of aromatic nitrogens is 1. The molecule has 1 aromatic carbocycles. The van der Waals surface area contributed by atoms with Crippen molar-refractivity contribution in [1.29, 1.82) is 0 Å². The third kappa shape index (κ3) is 3.99. The molecule has 3 rings (SSSR count). The van der Waals surface area contributed by atoms with Crippen LogP contribution in [0.15, 0.2) is 29.6 Å². The zero-order chi connectivity index (χ0) is 18.7. The average Bonchev–Trinajstić information content (AvgIpc) is 3.06. The lowest BCUT2D eigenvalue weighted by Crippen LogP contribution is -2.44. The van der Waals surface area contributed by atoms with Gasteiger partial charge in [0, 0.05) is 17.6 Å². The molecule has 1 atom stereocenters. The first kappa shape index (κ1) is 19.0. The second-order valence-corrected chi connectivity index (χ2v) is 9.92. The van der Waals surface area contributed by atoms with Crippen molar-refractivity contribution in [2.75, 3.05) is 11.4 Å². The molecule has 1 aliphatic heterocycles. The number of carbonyl (C=O) groups is 1. The molecule has 1 amide bonds. The quantitative estimate of drug-likeness (QED) is 0.756. The summed E-state index contributed by atoms with van der Waals surface area (Å²) >= 11 is 1.48. The van der Waals surface area contributed by atoms with Gasteiger partial charge in [0.05, 0.1) is 16.5 Å². The summed E-state index contributed by atoms with van der Waals surface area (Å²) in [5, 5.41) is 1.65. The van der Waals surface area contributed by atoms with Crippen molar-refractivity contribution in [2.24, 2.45) is 0 Å². The van der Waals surface area contributed by atoms with Crippen LogP contribution in [0.25, 0.3) is 0 Å². The first-order valence-electron chi connectivity index (χ1n) is 8.96. The zero-order valence-corrected chi connectivity index (χ0v) is 16.8. The van der Waals surface area contributed by atoms with Gasteiger partial charge >= 0.3 is 0 Å². The molecule has 0 fully saturated rings. The molecule has 0 saturated heterocycles. The Morgan fingerprint density at radius 1 is 1.35 bits per heavy atom. The highest BCUT2D eigenvalue weighted by molar-refractivity contribution is 7.92. The fourth-order valence-electron chi connectivity index (χ4n) is 3.21. The number of hydrogen-bond acceptors (Lipinski definition) is 5. The zero-order valence-electron chi connectivity index (χ0n) is 15.1. The molecular weight excluding hydrogens is 368 g/mol. The number of carbonyl (C=O) groups excluding carboxylic acids is 1. The van der Waals surface area contributed by atoms with Crippen LogP contribution in [0.5, 0.6) is 0 Å². The van der Waals surface area contributed by atoms with Gasteiger partial charge in [-0.25, -0.2) is 13.4 Å². The van der Waals surface area contributed by atoms with Crippen LogP contribution in [0.2, 0.25) is 0 Å². The molecule has 0 bridgehead atoms. The topological polar surface area (TPSA) is 67.3 Å². The molecule has 5 nitrogen and oxygen atoms in total. The fraction of sp³-hybridized carbons (Fsp3) is 0.474. The molecule has 0 spiro atoms. The van der Waals surface area contributed by atoms with Crippen LogP contribution in [-0.4, -0.2) is 31.1 Å². The number of hydrogen-bond donors (Lipinski definition) is 0. The predicted octanol–water partition coefficient (Wildman–Crippen LogP) is 3.38. The Labute approximate surface area is 159 Å². The second-order valence-electron chi connectivity index (χ2n) is 6.65. The van der Waals surface area contributed by atoms with Crippen molar-refractivity contribution in [3.05, 3.63) is 45.9 Å². The third-order valence-corrected chi connectivity index (χ3v) is 7.61. The summed E-state index contributed by atoms with van der Waals surface area (Å²) < 4.78 is 25.6. The van der Waals surface area contributed by atoms with Crippen LogP contribution in [0.4, 0.5) is 5.69 Å². The first-order chi connectivity index (χ1) is 12.4. The van der Waals surface area contributed by atoms with E-state index in [4.69, 9.17) is 0 Å². The first-order valence-corrected chi connectivity index (χ1v) is 11.6. The monoisotopic (exact) mass is 392 g/mol. The Morgan fingerprint density at radius 3 is 2.88 bits per heavy atom. The average molecular weight is 393 g/mol. The van der Waals surface area contributed by atoms with Gasteiger partial charge in [-0.1, -0.05) is 25.1 Å². The van der Waals surface area contributed by atoms with Crippen molar-refractivity contribution >= 4 is 32.8 Å². The number of fused-ring (bicyclic) bond motifs is 1. The molecular formula is C19H24N2O3S2. The summed E-state index contributed by atoms with van der Waals surface area (Å²) in [5.41, 5.74) is 2.47. The molecule has 1 aliphatic rings. The molecule has 0 radical (unpaired) electrons. The summed E-state index contributed by atoms with van der Waals surface area (Å²) in [4.78, 5) is 19.0. The van der Waals surface area contributed by atoms with E-state index in [1.54, 1.807) is 10.3 Å². The number of amides is 1. The number of sulfone groups is 1. The number of thiazole rings is 1. The van der Waals surface area contributed by atoms with Crippen molar-refractivity contribution in [3.8, 4) is 0 Å². The Morgan fingerprint density at radius 2 is 2.12 bits per heavy atom. The third-order valence-electron chi connectivity index (χ3n) is 4.67. The smallest absolute Gasteiger partial charge is 0.245 e. The lowest BCUT2D eigenvalue weighted by atomic mass is 10.0. The van der Waals surface area contributed by atoms with Crippen LogP contribution < -0.4 is 4.90 Å². The minimum atomic E-state index is -3.61. The summed E-state index contributed by atoms with van der Waals surface area (Å²) in [6.45, 7) is 4.12. The van der Waals surface area contributed by atoms with Crippen molar-refractivity contribution in [2.45, 2.75) is 50.5 Å². The van der Waals surface area contributed by atoms with E-state index in [0.29, 0.717) is 12.2 Å². The van der Waals surface area contributed by atoms with Gasteiger partial charge in [-0.05, 0) is 44.2 Å². The highest BCUT2D eigenvalue weighted by Gasteiger charge is 2.34. The van der Waals surface area contributed by atoms with Gasteiger partial charge < -0.3 is 4.90 Å². The second kappa shape index (κ2) is 7.88. The molecule has 0 N–H and O–H groups in total. The van der Waals surface area contributed by atoms with E-state index in [1.165, 1.54) is 18.3 Å². The van der Waals surface area contributed by atoms with Gasteiger partial charge in [-0.15, -0.1) is 11.3 Å². The Kier molecular flexibility index (Phi) is 5.77. The fourth-order valence-corrected chi connectivity index (χ4v) is 5.46. The maximum absolute atomic E-state index is 12.9. The van der Waals surface area contributed by atoms with E-state index < -0.39 is 15.1 Å². The van der Waals surface area contributed by atoms with Gasteiger partial charge in [0.2, 0.25) is 5.91 Å². The van der Waals surface area contributed by atoms with Gasteiger partial charge in [0.15, 0.2) is 9.84 Å². The van der Waals surface area contributed by atoms with Gasteiger partial charge in [-0.3, -0.25) is 4.79 Å². The van der Waals surface area contributed by atoms with E-state index in [1.807, 2.05) is 24.3 Å².